The van der Waals surface area contributed by atoms with Crippen LogP contribution in [0.1, 0.15) is 20.8 Å². The molecule has 60 valence electrons. The van der Waals surface area contributed by atoms with Crippen LogP contribution in [-0.2, 0) is 4.79 Å². The second-order valence-electron chi connectivity index (χ2n) is 1.86. The molecule has 0 rings (SSSR count). The fraction of sp³-hybridized carbons (Fsp3) is 0.500. The number of carbonyl (C=O) groups excluding carboxylic acids is 1. The van der Waals surface area contributed by atoms with E-state index in [1.165, 1.54) is 6.92 Å². The van der Waals surface area contributed by atoms with Crippen molar-refractivity contribution in [2.75, 3.05) is 0 Å². The molecule has 0 aromatic heterocycles. The van der Waals surface area contributed by atoms with Gasteiger partial charge >= 0.3 is 0 Å². The number of allylic oxidation sites excluding steroid dienone is 2. The summed E-state index contributed by atoms with van der Waals surface area (Å²) >= 11 is 4.24. The largest absolute Gasteiger partial charge is 0.402 e. The maximum absolute atomic E-state index is 10.4. The van der Waals surface area contributed by atoms with Gasteiger partial charge in [0.25, 0.3) is 0 Å². The summed E-state index contributed by atoms with van der Waals surface area (Å²) in [5, 5.41) is 0. The highest BCUT2D eigenvalue weighted by Gasteiger charge is 1.96. The van der Waals surface area contributed by atoms with Crippen LogP contribution in [0.15, 0.2) is 11.3 Å². The first kappa shape index (κ1) is 13.3. The van der Waals surface area contributed by atoms with Gasteiger partial charge in [0, 0.05) is 48.5 Å². The summed E-state index contributed by atoms with van der Waals surface area (Å²) < 4.78 is 0. The smallest absolute Gasteiger partial charge is 0.157 e. The number of carbonyl (C=O) groups is 1. The van der Waals surface area contributed by atoms with Gasteiger partial charge in [-0.3, -0.25) is 4.79 Å². The van der Waals surface area contributed by atoms with Crippen LogP contribution in [0, 0.1) is 0 Å². The molecule has 0 fully saturated rings. The SMILES string of the molecule is CC(=O)/C(C)=C(/C)N.II. The number of ketones is 1. The molecule has 0 spiro atoms. The van der Waals surface area contributed by atoms with Crippen molar-refractivity contribution in [1.29, 1.82) is 0 Å². The maximum Gasteiger partial charge on any atom is 0.157 e. The average Bonchev–Trinajstić information content (AvgIpc) is 1.90. The lowest BCUT2D eigenvalue weighted by Gasteiger charge is -1.94. The summed E-state index contributed by atoms with van der Waals surface area (Å²) in [6.07, 6.45) is 0. The third kappa shape index (κ3) is 6.79. The lowest BCUT2D eigenvalue weighted by molar-refractivity contribution is -0.113. The molecule has 0 aromatic rings. The van der Waals surface area contributed by atoms with Crippen LogP contribution in [0.2, 0.25) is 0 Å². The molecule has 0 saturated carbocycles. The molecule has 0 atom stereocenters. The standard InChI is InChI=1S/C6H11NO.I2/c1-4(5(2)7)6(3)8;1-2/h7H2,1-3H3;/b5-4-;. The average molecular weight is 367 g/mol. The molecular formula is C6H11I2NO. The second kappa shape index (κ2) is 7.77. The highest BCUT2D eigenvalue weighted by Crippen LogP contribution is 1.96. The van der Waals surface area contributed by atoms with Crippen molar-refractivity contribution in [3.05, 3.63) is 11.3 Å². The Bertz CT molecular complexity index is 139. The molecule has 0 aliphatic carbocycles. The minimum Gasteiger partial charge on any atom is -0.402 e. The molecule has 0 heterocycles. The van der Waals surface area contributed by atoms with Crippen molar-refractivity contribution < 1.29 is 4.79 Å². The zero-order valence-corrected chi connectivity index (χ0v) is 10.6. The normalized spacial score (nSPS) is 10.9. The fourth-order valence-corrected chi connectivity index (χ4v) is 0.278. The van der Waals surface area contributed by atoms with Gasteiger partial charge in [0.2, 0.25) is 0 Å². The van der Waals surface area contributed by atoms with E-state index < -0.39 is 0 Å². The van der Waals surface area contributed by atoms with E-state index in [0.29, 0.717) is 11.3 Å². The first-order valence-corrected chi connectivity index (χ1v) is 8.92. The highest BCUT2D eigenvalue weighted by molar-refractivity contribution is 15.0. The van der Waals surface area contributed by atoms with Gasteiger partial charge in [-0.05, 0) is 20.8 Å². The minimum atomic E-state index is 0.0463. The zero-order chi connectivity index (χ0) is 8.73. The van der Waals surface area contributed by atoms with E-state index in [0.717, 1.165) is 0 Å². The molecule has 0 bridgehead atoms. The van der Waals surface area contributed by atoms with Crippen LogP contribution in [0.3, 0.4) is 0 Å². The fourth-order valence-electron chi connectivity index (χ4n) is 0.278. The van der Waals surface area contributed by atoms with E-state index in [1.54, 1.807) is 13.8 Å². The van der Waals surface area contributed by atoms with Gasteiger partial charge in [-0.15, -0.1) is 0 Å². The molecule has 2 N–H and O–H groups in total. The Labute approximate surface area is 84.9 Å². The molecule has 0 amide bonds. The molecule has 0 unspecified atom stereocenters. The lowest BCUT2D eigenvalue weighted by atomic mass is 10.2. The number of rotatable bonds is 1. The number of hydrogen-bond acceptors (Lipinski definition) is 2. The molecule has 0 aliphatic rings. The van der Waals surface area contributed by atoms with Gasteiger partial charge in [-0.25, -0.2) is 0 Å². The van der Waals surface area contributed by atoms with E-state index in [-0.39, 0.29) is 5.78 Å². The van der Waals surface area contributed by atoms with Crippen molar-refractivity contribution in [2.24, 2.45) is 5.73 Å². The van der Waals surface area contributed by atoms with Gasteiger partial charge in [-0.1, -0.05) is 0 Å². The molecule has 0 aromatic carbocycles. The Hall–Kier alpha value is 0.670. The van der Waals surface area contributed by atoms with E-state index in [2.05, 4.69) is 37.2 Å². The Morgan fingerprint density at radius 2 is 1.50 bits per heavy atom. The first-order chi connectivity index (χ1) is 4.55. The van der Waals surface area contributed by atoms with Gasteiger partial charge in [0.1, 0.15) is 0 Å². The van der Waals surface area contributed by atoms with Crippen LogP contribution in [0.25, 0.3) is 0 Å². The molecule has 10 heavy (non-hydrogen) atoms. The number of hydrogen-bond donors (Lipinski definition) is 1. The highest BCUT2D eigenvalue weighted by atomic mass is 128. The van der Waals surface area contributed by atoms with Crippen LogP contribution in [-0.4, -0.2) is 5.78 Å². The van der Waals surface area contributed by atoms with Crippen molar-refractivity contribution in [3.63, 3.8) is 0 Å². The quantitative estimate of drug-likeness (QED) is 0.572. The summed E-state index contributed by atoms with van der Waals surface area (Å²) in [5.74, 6) is 0.0463. The number of Topliss-reactive ketones (excluding diaryl/α,β-unsaturated/α-hetero) is 1. The summed E-state index contributed by atoms with van der Waals surface area (Å²) in [4.78, 5) is 10.4. The van der Waals surface area contributed by atoms with E-state index in [4.69, 9.17) is 5.73 Å². The lowest BCUT2D eigenvalue weighted by Crippen LogP contribution is -2.01. The Kier molecular flexibility index (Phi) is 10.3. The maximum atomic E-state index is 10.4. The third-order valence-corrected chi connectivity index (χ3v) is 1.12. The van der Waals surface area contributed by atoms with Crippen LogP contribution in [0.4, 0.5) is 0 Å². The van der Waals surface area contributed by atoms with Crippen LogP contribution >= 0.6 is 37.2 Å². The molecule has 0 radical (unpaired) electrons. The monoisotopic (exact) mass is 367 g/mol. The van der Waals surface area contributed by atoms with Gasteiger partial charge in [0.05, 0.1) is 0 Å². The van der Waals surface area contributed by atoms with E-state index >= 15 is 0 Å². The minimum absolute atomic E-state index is 0.0463. The number of nitrogens with two attached hydrogens (primary N) is 1. The predicted molar refractivity (Wildman–Crippen MR) is 61.3 cm³/mol. The molecule has 0 saturated heterocycles. The van der Waals surface area contributed by atoms with Gasteiger partial charge in [-0.2, -0.15) is 0 Å². The van der Waals surface area contributed by atoms with Crippen molar-refractivity contribution in [3.8, 4) is 0 Å². The third-order valence-electron chi connectivity index (χ3n) is 1.12. The van der Waals surface area contributed by atoms with Crippen LogP contribution in [0.5, 0.6) is 0 Å². The second-order valence-corrected chi connectivity index (χ2v) is 1.86. The summed E-state index contributed by atoms with van der Waals surface area (Å²) in [6, 6.07) is 0. The van der Waals surface area contributed by atoms with Crippen LogP contribution < -0.4 is 5.73 Å². The van der Waals surface area contributed by atoms with Gasteiger partial charge in [0.15, 0.2) is 5.78 Å². The van der Waals surface area contributed by atoms with E-state index in [1.807, 2.05) is 0 Å². The summed E-state index contributed by atoms with van der Waals surface area (Å²) in [5.41, 5.74) is 6.56. The predicted octanol–water partition coefficient (Wildman–Crippen LogP) is 2.60. The van der Waals surface area contributed by atoms with Crippen molar-refractivity contribution >= 4 is 43.0 Å². The molecule has 4 heteroatoms. The van der Waals surface area contributed by atoms with Crippen molar-refractivity contribution in [2.45, 2.75) is 20.8 Å². The number of halogens is 2. The Morgan fingerprint density at radius 3 is 1.50 bits per heavy atom. The molecular weight excluding hydrogens is 356 g/mol. The molecule has 0 aliphatic heterocycles. The molecule has 2 nitrogen and oxygen atoms in total. The first-order valence-electron chi connectivity index (χ1n) is 2.64. The van der Waals surface area contributed by atoms with E-state index in [9.17, 15) is 4.79 Å². The Morgan fingerprint density at radius 1 is 1.20 bits per heavy atom. The summed E-state index contributed by atoms with van der Waals surface area (Å²) in [7, 11) is 0. The van der Waals surface area contributed by atoms with Crippen molar-refractivity contribution in [1.82, 2.24) is 0 Å². The summed E-state index contributed by atoms with van der Waals surface area (Å²) in [6.45, 7) is 4.94. The zero-order valence-electron chi connectivity index (χ0n) is 6.24. The Balaban J connectivity index is 0. The topological polar surface area (TPSA) is 43.1 Å². The van der Waals surface area contributed by atoms with Gasteiger partial charge < -0.3 is 5.73 Å².